The minimum absolute atomic E-state index is 0.00482. The van der Waals surface area contributed by atoms with Crippen LogP contribution in [0.3, 0.4) is 0 Å². The van der Waals surface area contributed by atoms with Gasteiger partial charge in [-0.05, 0) is 25.0 Å². The number of aliphatic hydroxyl groups excluding tert-OH is 1. The first-order chi connectivity index (χ1) is 16.7. The second kappa shape index (κ2) is 15.0. The van der Waals surface area contributed by atoms with E-state index in [1.165, 1.54) is 12.8 Å². The van der Waals surface area contributed by atoms with Crippen molar-refractivity contribution in [3.05, 3.63) is 35.9 Å². The lowest BCUT2D eigenvalue weighted by atomic mass is 10.2. The molecule has 1 amide bonds. The van der Waals surface area contributed by atoms with Crippen LogP contribution in [0.5, 0.6) is 0 Å². The number of nitrogens with zero attached hydrogens (tertiary/aromatic N) is 3. The molecule has 3 rings (SSSR count). The van der Waals surface area contributed by atoms with Gasteiger partial charge in [-0.15, -0.1) is 0 Å². The molecule has 0 unspecified atom stereocenters. The highest BCUT2D eigenvalue weighted by atomic mass is 16.5. The number of carbonyl (C=O) groups is 1. The minimum Gasteiger partial charge on any atom is -0.395 e. The topological polar surface area (TPSA) is 143 Å². The zero-order valence-corrected chi connectivity index (χ0v) is 19.5. The summed E-state index contributed by atoms with van der Waals surface area (Å²) < 4.78 is 11.1. The summed E-state index contributed by atoms with van der Waals surface area (Å²) >= 11 is 0. The third-order valence-corrected chi connectivity index (χ3v) is 5.19. The van der Waals surface area contributed by atoms with E-state index >= 15 is 0 Å². The predicted octanol–water partition coefficient (Wildman–Crippen LogP) is 1.51. The monoisotopic (exact) mass is 473 g/mol. The Bertz CT molecular complexity index is 850. The number of anilines is 3. The molecule has 0 radical (unpaired) electrons. The van der Waals surface area contributed by atoms with E-state index in [-0.39, 0.29) is 12.5 Å². The second-order valence-electron chi connectivity index (χ2n) is 7.86. The molecule has 34 heavy (non-hydrogen) atoms. The van der Waals surface area contributed by atoms with Crippen LogP contribution in [0.4, 0.5) is 17.8 Å². The lowest BCUT2D eigenvalue weighted by Crippen LogP contribution is -2.27. The quantitative estimate of drug-likeness (QED) is 0.228. The number of hydrogen-bond acceptors (Lipinski definition) is 10. The number of aromatic nitrogens is 3. The summed E-state index contributed by atoms with van der Waals surface area (Å²) in [6.45, 7) is 3.11. The lowest BCUT2D eigenvalue weighted by molar-refractivity contribution is 0.0519. The van der Waals surface area contributed by atoms with Crippen LogP contribution in [0, 0.1) is 0 Å². The first-order valence-corrected chi connectivity index (χ1v) is 11.8. The molecule has 0 saturated heterocycles. The molecule has 186 valence electrons. The lowest BCUT2D eigenvalue weighted by Gasteiger charge is -2.14. The average molecular weight is 474 g/mol. The first-order valence-electron chi connectivity index (χ1n) is 11.8. The van der Waals surface area contributed by atoms with Crippen molar-refractivity contribution in [2.75, 3.05) is 68.6 Å². The summed E-state index contributed by atoms with van der Waals surface area (Å²) in [6, 6.07) is 9.47. The van der Waals surface area contributed by atoms with Gasteiger partial charge in [0.05, 0.1) is 33.0 Å². The Morgan fingerprint density at radius 3 is 2.15 bits per heavy atom. The third kappa shape index (κ3) is 9.46. The van der Waals surface area contributed by atoms with E-state index in [1.807, 2.05) is 18.2 Å². The SMILES string of the molecule is O=C(NCCOCCOCCNc1nc(NCCO)nc(NC2CCCC2)n1)c1ccccc1. The van der Waals surface area contributed by atoms with E-state index in [9.17, 15) is 4.79 Å². The average Bonchev–Trinajstić information content (AvgIpc) is 3.37. The van der Waals surface area contributed by atoms with Crippen molar-refractivity contribution in [1.82, 2.24) is 20.3 Å². The van der Waals surface area contributed by atoms with Crippen molar-refractivity contribution < 1.29 is 19.4 Å². The van der Waals surface area contributed by atoms with Gasteiger partial charge in [-0.1, -0.05) is 31.0 Å². The predicted molar refractivity (Wildman–Crippen MR) is 130 cm³/mol. The molecule has 0 atom stereocenters. The van der Waals surface area contributed by atoms with Crippen molar-refractivity contribution >= 4 is 23.8 Å². The summed E-state index contributed by atoms with van der Waals surface area (Å²) in [4.78, 5) is 25.1. The molecule has 2 aromatic rings. The van der Waals surface area contributed by atoms with Crippen molar-refractivity contribution in [2.24, 2.45) is 0 Å². The number of carbonyl (C=O) groups excluding carboxylic acids is 1. The third-order valence-electron chi connectivity index (χ3n) is 5.19. The highest BCUT2D eigenvalue weighted by Gasteiger charge is 2.16. The minimum atomic E-state index is -0.110. The van der Waals surface area contributed by atoms with Crippen LogP contribution < -0.4 is 21.3 Å². The van der Waals surface area contributed by atoms with Crippen LogP contribution in [0.2, 0.25) is 0 Å². The van der Waals surface area contributed by atoms with E-state index in [4.69, 9.17) is 14.6 Å². The molecule has 1 aromatic heterocycles. The number of aliphatic hydroxyl groups is 1. The van der Waals surface area contributed by atoms with Gasteiger partial charge >= 0.3 is 0 Å². The summed E-state index contributed by atoms with van der Waals surface area (Å²) in [7, 11) is 0. The molecule has 0 aliphatic heterocycles. The zero-order chi connectivity index (χ0) is 23.8. The van der Waals surface area contributed by atoms with Crippen molar-refractivity contribution in [3.8, 4) is 0 Å². The molecule has 1 aliphatic rings. The number of benzene rings is 1. The van der Waals surface area contributed by atoms with Gasteiger partial charge in [-0.3, -0.25) is 4.79 Å². The fourth-order valence-electron chi connectivity index (χ4n) is 3.50. The van der Waals surface area contributed by atoms with Gasteiger partial charge in [0.15, 0.2) is 0 Å². The molecular weight excluding hydrogens is 438 g/mol. The van der Waals surface area contributed by atoms with E-state index < -0.39 is 0 Å². The summed E-state index contributed by atoms with van der Waals surface area (Å²) in [5, 5.41) is 21.4. The number of ether oxygens (including phenoxy) is 2. The van der Waals surface area contributed by atoms with Crippen LogP contribution >= 0.6 is 0 Å². The van der Waals surface area contributed by atoms with E-state index in [1.54, 1.807) is 12.1 Å². The molecule has 0 bridgehead atoms. The summed E-state index contributed by atoms with van der Waals surface area (Å²) in [5.41, 5.74) is 0.634. The van der Waals surface area contributed by atoms with Gasteiger partial charge in [0.25, 0.3) is 5.91 Å². The molecule has 5 N–H and O–H groups in total. The molecular formula is C23H35N7O4. The van der Waals surface area contributed by atoms with Gasteiger partial charge in [0.2, 0.25) is 17.8 Å². The van der Waals surface area contributed by atoms with Crippen molar-refractivity contribution in [1.29, 1.82) is 0 Å². The molecule has 1 aromatic carbocycles. The number of rotatable bonds is 16. The largest absolute Gasteiger partial charge is 0.395 e. The van der Waals surface area contributed by atoms with Gasteiger partial charge in [0, 0.05) is 31.2 Å². The van der Waals surface area contributed by atoms with Crippen LogP contribution in [0.15, 0.2) is 30.3 Å². The van der Waals surface area contributed by atoms with E-state index in [2.05, 4.69) is 36.2 Å². The molecule has 11 nitrogen and oxygen atoms in total. The zero-order valence-electron chi connectivity index (χ0n) is 19.5. The summed E-state index contributed by atoms with van der Waals surface area (Å²) in [6.07, 6.45) is 4.66. The standard InChI is InChI=1S/C23H35N7O4/c31-13-10-25-21-28-22(30-23(29-21)27-19-8-4-5-9-19)26-12-15-34-17-16-33-14-11-24-20(32)18-6-2-1-3-7-18/h1-3,6-7,19,31H,4-5,8-17H2,(H,24,32)(H3,25,26,27,28,29,30). The fraction of sp³-hybridized carbons (Fsp3) is 0.565. The Morgan fingerprint density at radius 1 is 0.853 bits per heavy atom. The van der Waals surface area contributed by atoms with Crippen molar-refractivity contribution in [2.45, 2.75) is 31.7 Å². The van der Waals surface area contributed by atoms with Crippen LogP contribution in [0.25, 0.3) is 0 Å². The Balaban J connectivity index is 1.27. The fourth-order valence-corrected chi connectivity index (χ4v) is 3.50. The second-order valence-corrected chi connectivity index (χ2v) is 7.86. The van der Waals surface area contributed by atoms with E-state index in [0.29, 0.717) is 75.5 Å². The normalized spacial score (nSPS) is 13.6. The Morgan fingerprint density at radius 2 is 1.47 bits per heavy atom. The van der Waals surface area contributed by atoms with Gasteiger partial charge in [-0.2, -0.15) is 15.0 Å². The van der Waals surface area contributed by atoms with Gasteiger partial charge < -0.3 is 35.8 Å². The van der Waals surface area contributed by atoms with E-state index in [0.717, 1.165) is 12.8 Å². The molecule has 1 aliphatic carbocycles. The van der Waals surface area contributed by atoms with Crippen LogP contribution in [-0.4, -0.2) is 84.7 Å². The Labute approximate surface area is 200 Å². The highest BCUT2D eigenvalue weighted by molar-refractivity contribution is 5.94. The van der Waals surface area contributed by atoms with Gasteiger partial charge in [0.1, 0.15) is 0 Å². The molecule has 11 heteroatoms. The highest BCUT2D eigenvalue weighted by Crippen LogP contribution is 2.21. The maximum Gasteiger partial charge on any atom is 0.251 e. The van der Waals surface area contributed by atoms with Crippen LogP contribution in [0.1, 0.15) is 36.0 Å². The first kappa shape index (κ1) is 25.6. The summed E-state index contributed by atoms with van der Waals surface area (Å²) in [5.74, 6) is 1.28. The van der Waals surface area contributed by atoms with Crippen molar-refractivity contribution in [3.63, 3.8) is 0 Å². The Kier molecular flexibility index (Phi) is 11.3. The smallest absolute Gasteiger partial charge is 0.251 e. The van der Waals surface area contributed by atoms with Crippen LogP contribution in [-0.2, 0) is 9.47 Å². The Hall–Kier alpha value is -3.02. The molecule has 1 fully saturated rings. The van der Waals surface area contributed by atoms with Gasteiger partial charge in [-0.25, -0.2) is 0 Å². The number of amides is 1. The molecule has 1 saturated carbocycles. The number of nitrogens with one attached hydrogen (secondary N) is 4. The maximum atomic E-state index is 11.9. The maximum absolute atomic E-state index is 11.9. The molecule has 0 spiro atoms. The molecule has 1 heterocycles. The number of hydrogen-bond donors (Lipinski definition) is 5.